The van der Waals surface area contributed by atoms with Crippen LogP contribution in [-0.2, 0) is 22.6 Å². The highest BCUT2D eigenvalue weighted by molar-refractivity contribution is 6.24. The summed E-state index contributed by atoms with van der Waals surface area (Å²) in [4.78, 5) is 40.6. The van der Waals surface area contributed by atoms with Crippen molar-refractivity contribution in [2.75, 3.05) is 20.6 Å². The first kappa shape index (κ1) is 28.3. The number of likely N-dealkylation sites (N-methyl/N-ethyl adjacent to an activating group) is 1. The number of aliphatic hydroxyl groups is 3. The molecule has 0 unspecified atom stereocenters. The van der Waals surface area contributed by atoms with Crippen molar-refractivity contribution in [3.63, 3.8) is 0 Å². The van der Waals surface area contributed by atoms with Gasteiger partial charge in [-0.2, -0.15) is 0 Å². The molecule has 0 aromatic heterocycles. The summed E-state index contributed by atoms with van der Waals surface area (Å²) in [7, 11) is 3.22. The van der Waals surface area contributed by atoms with Gasteiger partial charge in [-0.15, -0.1) is 0 Å². The Morgan fingerprint density at radius 2 is 1.77 bits per heavy atom. The van der Waals surface area contributed by atoms with Crippen LogP contribution in [0, 0.1) is 17.8 Å². The molecule has 7 N–H and O–H groups in total. The molecule has 1 amide bonds. The number of benzene rings is 1. The number of nitrogens with two attached hydrogens (primary N) is 1. The maximum Gasteiger partial charge on any atom is 0.255 e. The number of amides is 1. The van der Waals surface area contributed by atoms with Gasteiger partial charge in [0.2, 0.25) is 5.78 Å². The van der Waals surface area contributed by atoms with Crippen LogP contribution < -0.4 is 11.1 Å². The maximum atomic E-state index is 13.7. The van der Waals surface area contributed by atoms with E-state index in [-0.39, 0.29) is 23.3 Å². The van der Waals surface area contributed by atoms with Crippen molar-refractivity contribution in [3.05, 3.63) is 51.5 Å². The van der Waals surface area contributed by atoms with Crippen molar-refractivity contribution in [1.29, 1.82) is 0 Å². The van der Waals surface area contributed by atoms with Crippen LogP contribution in [0.3, 0.4) is 0 Å². The standard InChI is InChI=1S/C30H39N3O7/c1-33(2)24-19-12-18-11-17-9-16(14-32-13-15-7-5-3-4-6-8-15)10-20(34)21(17)25(35)22(18)27(37)30(19,40)28(38)23(26(24)36)29(31)39/h9-10,15,18-19,24,32,34,36-37,40H,3-8,11-14H2,1-2H3,(H2,31,39)/t18-,19-,24-,30-/m0/s1. The molecule has 40 heavy (non-hydrogen) atoms. The van der Waals surface area contributed by atoms with Crippen LogP contribution in [0.2, 0.25) is 0 Å². The van der Waals surface area contributed by atoms with Gasteiger partial charge in [-0.1, -0.05) is 31.7 Å². The second-order valence-corrected chi connectivity index (χ2v) is 12.1. The number of phenols is 1. The predicted molar refractivity (Wildman–Crippen MR) is 147 cm³/mol. The van der Waals surface area contributed by atoms with Crippen molar-refractivity contribution in [2.24, 2.45) is 23.5 Å². The number of nitrogens with one attached hydrogen (secondary N) is 1. The van der Waals surface area contributed by atoms with E-state index in [1.807, 2.05) is 6.07 Å². The van der Waals surface area contributed by atoms with E-state index in [0.717, 1.165) is 12.1 Å². The molecular formula is C30H39N3O7. The zero-order valence-electron chi connectivity index (χ0n) is 23.1. The Morgan fingerprint density at radius 1 is 1.10 bits per heavy atom. The molecule has 4 aliphatic carbocycles. The number of carbonyl (C=O) groups excluding carboxylic acids is 3. The van der Waals surface area contributed by atoms with E-state index in [1.54, 1.807) is 19.0 Å². The molecule has 10 heteroatoms. The average molecular weight is 554 g/mol. The lowest BCUT2D eigenvalue weighted by molar-refractivity contribution is -0.148. The molecule has 1 saturated carbocycles. The molecule has 1 aromatic rings. The summed E-state index contributed by atoms with van der Waals surface area (Å²) < 4.78 is 0. The Labute approximate surface area is 233 Å². The van der Waals surface area contributed by atoms with Gasteiger partial charge in [0.25, 0.3) is 5.91 Å². The minimum atomic E-state index is -2.62. The minimum Gasteiger partial charge on any atom is -0.510 e. The van der Waals surface area contributed by atoms with Crippen LogP contribution in [0.4, 0.5) is 0 Å². The molecule has 0 heterocycles. The number of carbonyl (C=O) groups is 3. The first-order valence-electron chi connectivity index (χ1n) is 14.2. The third kappa shape index (κ3) is 4.52. The van der Waals surface area contributed by atoms with E-state index < -0.39 is 58.0 Å². The number of allylic oxidation sites excluding steroid dienone is 1. The number of ketones is 2. The fourth-order valence-corrected chi connectivity index (χ4v) is 7.43. The third-order valence-electron chi connectivity index (χ3n) is 9.33. The first-order valence-corrected chi connectivity index (χ1v) is 14.2. The van der Waals surface area contributed by atoms with Gasteiger partial charge in [0.1, 0.15) is 22.8 Å². The van der Waals surface area contributed by atoms with Gasteiger partial charge >= 0.3 is 0 Å². The van der Waals surface area contributed by atoms with Gasteiger partial charge < -0.3 is 31.5 Å². The normalized spacial score (nSPS) is 29.2. The molecule has 0 aliphatic heterocycles. The summed E-state index contributed by atoms with van der Waals surface area (Å²) in [5.74, 6) is -5.75. The second kappa shape index (κ2) is 10.6. The quantitative estimate of drug-likeness (QED) is 0.228. The number of fused-ring (bicyclic) bond motifs is 3. The van der Waals surface area contributed by atoms with Crippen molar-refractivity contribution < 1.29 is 34.8 Å². The van der Waals surface area contributed by atoms with E-state index in [0.29, 0.717) is 24.4 Å². The molecule has 0 radical (unpaired) electrons. The monoisotopic (exact) mass is 553 g/mol. The summed E-state index contributed by atoms with van der Waals surface area (Å²) in [6.07, 6.45) is 7.90. The molecule has 4 aliphatic rings. The van der Waals surface area contributed by atoms with Gasteiger partial charge in [-0.05, 0) is 75.4 Å². The summed E-state index contributed by atoms with van der Waals surface area (Å²) >= 11 is 0. The number of phenolic OH excluding ortho intramolecular Hbond substituents is 1. The lowest BCUT2D eigenvalue weighted by Gasteiger charge is -2.50. The van der Waals surface area contributed by atoms with E-state index in [9.17, 15) is 34.8 Å². The highest BCUT2D eigenvalue weighted by Crippen LogP contribution is 2.52. The number of hydrogen-bond donors (Lipinski definition) is 6. The minimum absolute atomic E-state index is 0.0355. The number of nitrogens with zero attached hydrogens (tertiary/aromatic N) is 1. The van der Waals surface area contributed by atoms with E-state index in [2.05, 4.69) is 5.32 Å². The topological polar surface area (TPSA) is 173 Å². The zero-order chi connectivity index (χ0) is 28.9. The number of aliphatic hydroxyl groups excluding tert-OH is 2. The molecular weight excluding hydrogens is 514 g/mol. The Morgan fingerprint density at radius 3 is 2.40 bits per heavy atom. The highest BCUT2D eigenvalue weighted by atomic mass is 16.3. The SMILES string of the molecule is CN(C)[C@@H]1C(O)=C(C(N)=O)C(=O)[C@@]2(O)C(O)=C3C(=O)c4c(O)cc(CNCC5CCCCCC5)cc4C[C@H]3C[C@@H]12. The Balaban J connectivity index is 1.47. The van der Waals surface area contributed by atoms with Crippen LogP contribution in [0.15, 0.2) is 34.8 Å². The Kier molecular flexibility index (Phi) is 7.54. The van der Waals surface area contributed by atoms with E-state index >= 15 is 0 Å². The molecule has 5 rings (SSSR count). The van der Waals surface area contributed by atoms with Crippen molar-refractivity contribution in [1.82, 2.24) is 10.2 Å². The highest BCUT2D eigenvalue weighted by Gasteiger charge is 2.63. The molecule has 0 bridgehead atoms. The van der Waals surface area contributed by atoms with Crippen molar-refractivity contribution in [2.45, 2.75) is 69.6 Å². The molecule has 0 saturated heterocycles. The average Bonchev–Trinajstić information content (AvgIpc) is 3.14. The summed E-state index contributed by atoms with van der Waals surface area (Å²) in [6, 6.07) is 2.42. The number of rotatable bonds is 6. The Bertz CT molecular complexity index is 1310. The van der Waals surface area contributed by atoms with Gasteiger partial charge in [0.05, 0.1) is 11.6 Å². The van der Waals surface area contributed by atoms with E-state index in [4.69, 9.17) is 5.73 Å². The van der Waals surface area contributed by atoms with Crippen LogP contribution >= 0.6 is 0 Å². The summed E-state index contributed by atoms with van der Waals surface area (Å²) in [6.45, 7) is 1.43. The zero-order valence-corrected chi connectivity index (χ0v) is 23.1. The summed E-state index contributed by atoms with van der Waals surface area (Å²) in [5.41, 5.74) is 3.30. The lowest BCUT2D eigenvalue weighted by atomic mass is 9.58. The fourth-order valence-electron chi connectivity index (χ4n) is 7.43. The second-order valence-electron chi connectivity index (χ2n) is 12.1. The van der Waals surface area contributed by atoms with E-state index in [1.165, 1.54) is 44.6 Å². The number of Topliss-reactive ketones (excluding diaryl/α,β-unsaturated/α-hetero) is 2. The van der Waals surface area contributed by atoms with Gasteiger partial charge in [0.15, 0.2) is 11.4 Å². The van der Waals surface area contributed by atoms with Gasteiger partial charge in [-0.3, -0.25) is 19.3 Å². The predicted octanol–water partition coefficient (Wildman–Crippen LogP) is 2.18. The Hall–Kier alpha value is -3.21. The first-order chi connectivity index (χ1) is 19.0. The van der Waals surface area contributed by atoms with Gasteiger partial charge in [-0.25, -0.2) is 0 Å². The smallest absolute Gasteiger partial charge is 0.255 e. The van der Waals surface area contributed by atoms with Crippen molar-refractivity contribution >= 4 is 17.5 Å². The van der Waals surface area contributed by atoms with Crippen LogP contribution in [0.1, 0.15) is 66.4 Å². The molecule has 0 spiro atoms. The molecule has 10 nitrogen and oxygen atoms in total. The molecule has 1 fully saturated rings. The molecule has 216 valence electrons. The van der Waals surface area contributed by atoms with Crippen LogP contribution in [-0.4, -0.2) is 75.1 Å². The third-order valence-corrected chi connectivity index (χ3v) is 9.33. The lowest BCUT2D eigenvalue weighted by Crippen LogP contribution is -2.63. The van der Waals surface area contributed by atoms with Crippen LogP contribution in [0.5, 0.6) is 5.75 Å². The number of hydrogen-bond acceptors (Lipinski definition) is 9. The van der Waals surface area contributed by atoms with Crippen molar-refractivity contribution in [3.8, 4) is 5.75 Å². The molecule has 1 aromatic carbocycles. The maximum absolute atomic E-state index is 13.7. The number of aromatic hydroxyl groups is 1. The van der Waals surface area contributed by atoms with Crippen LogP contribution in [0.25, 0.3) is 0 Å². The van der Waals surface area contributed by atoms with Gasteiger partial charge in [0, 0.05) is 18.0 Å². The molecule has 4 atom stereocenters. The largest absolute Gasteiger partial charge is 0.510 e. The number of primary amides is 1. The summed E-state index contributed by atoms with van der Waals surface area (Å²) in [5, 5.41) is 48.2. The fraction of sp³-hybridized carbons (Fsp3) is 0.567.